The van der Waals surface area contributed by atoms with Gasteiger partial charge in [0.25, 0.3) is 5.56 Å². The second-order valence-corrected chi connectivity index (χ2v) is 7.52. The standard InChI is InChI=1S/C21H16F2N6O3/c1-28-20(24-9-25-28)17-18-16-13(21(32)27-26-18)6-12(23)7-14(16)29(8-15(30)31)19(17)10-2-4-11(22)5-3-10/h2-7,9,17,19H,8H2,1H3,(H,27,32)(H,30,31). The minimum atomic E-state index is -1.16. The molecule has 1 aliphatic heterocycles. The molecule has 5 rings (SSSR count). The fraction of sp³-hybridized carbons (Fsp3) is 0.190. The number of carboxylic acids is 1. The van der Waals surface area contributed by atoms with Gasteiger partial charge < -0.3 is 10.0 Å². The van der Waals surface area contributed by atoms with Crippen molar-refractivity contribution in [3.8, 4) is 0 Å². The first-order valence-corrected chi connectivity index (χ1v) is 9.64. The number of carboxylic acid groups (broad SMARTS) is 1. The second-order valence-electron chi connectivity index (χ2n) is 7.52. The van der Waals surface area contributed by atoms with Crippen molar-refractivity contribution < 1.29 is 18.7 Å². The molecule has 11 heteroatoms. The Morgan fingerprint density at radius 2 is 1.94 bits per heavy atom. The fourth-order valence-electron chi connectivity index (χ4n) is 4.41. The number of carbonyl (C=O) groups is 1. The van der Waals surface area contributed by atoms with Crippen LogP contribution >= 0.6 is 0 Å². The molecule has 2 N–H and O–H groups in total. The van der Waals surface area contributed by atoms with Gasteiger partial charge >= 0.3 is 5.97 Å². The average Bonchev–Trinajstić information content (AvgIpc) is 3.17. The van der Waals surface area contributed by atoms with Gasteiger partial charge in [-0.15, -0.1) is 0 Å². The topological polar surface area (TPSA) is 117 Å². The van der Waals surface area contributed by atoms with Crippen LogP contribution in [0.15, 0.2) is 47.5 Å². The van der Waals surface area contributed by atoms with Crippen molar-refractivity contribution in [2.24, 2.45) is 7.05 Å². The zero-order valence-electron chi connectivity index (χ0n) is 16.7. The zero-order chi connectivity index (χ0) is 22.6. The third-order valence-electron chi connectivity index (χ3n) is 5.66. The van der Waals surface area contributed by atoms with E-state index in [2.05, 4.69) is 20.3 Å². The Morgan fingerprint density at radius 1 is 1.19 bits per heavy atom. The Balaban J connectivity index is 1.90. The lowest BCUT2D eigenvalue weighted by Crippen LogP contribution is -2.41. The van der Waals surface area contributed by atoms with Crippen LogP contribution < -0.4 is 10.5 Å². The van der Waals surface area contributed by atoms with Gasteiger partial charge in [0.05, 0.1) is 28.7 Å². The second kappa shape index (κ2) is 7.22. The molecule has 162 valence electrons. The summed E-state index contributed by atoms with van der Waals surface area (Å²) in [5, 5.41) is 20.8. The van der Waals surface area contributed by atoms with Gasteiger partial charge in [0.2, 0.25) is 0 Å². The summed E-state index contributed by atoms with van der Waals surface area (Å²) in [5.41, 5.74) is 0.568. The van der Waals surface area contributed by atoms with Crippen LogP contribution in [0.5, 0.6) is 0 Å². The smallest absolute Gasteiger partial charge is 0.323 e. The highest BCUT2D eigenvalue weighted by Gasteiger charge is 2.42. The van der Waals surface area contributed by atoms with Crippen LogP contribution in [0, 0.1) is 11.6 Å². The maximum absolute atomic E-state index is 14.5. The number of hydrogen-bond acceptors (Lipinski definition) is 6. The van der Waals surface area contributed by atoms with Crippen LogP contribution in [0.4, 0.5) is 14.5 Å². The highest BCUT2D eigenvalue weighted by molar-refractivity contribution is 5.99. The van der Waals surface area contributed by atoms with Crippen molar-refractivity contribution in [2.45, 2.75) is 12.0 Å². The van der Waals surface area contributed by atoms with Crippen LogP contribution in [0.3, 0.4) is 0 Å². The third kappa shape index (κ3) is 3.01. The van der Waals surface area contributed by atoms with E-state index in [1.54, 1.807) is 7.05 Å². The molecule has 1 aliphatic rings. The number of benzene rings is 2. The molecule has 0 radical (unpaired) electrons. The number of hydrogen-bond donors (Lipinski definition) is 2. The van der Waals surface area contributed by atoms with Crippen molar-refractivity contribution in [3.63, 3.8) is 0 Å². The lowest BCUT2D eigenvalue weighted by Gasteiger charge is -2.41. The van der Waals surface area contributed by atoms with E-state index < -0.39 is 41.7 Å². The van der Waals surface area contributed by atoms with Crippen molar-refractivity contribution in [2.75, 3.05) is 11.4 Å². The quantitative estimate of drug-likeness (QED) is 0.501. The molecule has 0 bridgehead atoms. The fourth-order valence-corrected chi connectivity index (χ4v) is 4.41. The summed E-state index contributed by atoms with van der Waals surface area (Å²) in [7, 11) is 1.68. The van der Waals surface area contributed by atoms with E-state index >= 15 is 0 Å². The summed E-state index contributed by atoms with van der Waals surface area (Å²) in [4.78, 5) is 30.1. The number of nitrogens with zero attached hydrogens (tertiary/aromatic N) is 5. The van der Waals surface area contributed by atoms with Crippen LogP contribution in [0.1, 0.15) is 29.0 Å². The molecule has 9 nitrogen and oxygen atoms in total. The summed E-state index contributed by atoms with van der Waals surface area (Å²) >= 11 is 0. The Hall–Kier alpha value is -4.15. The van der Waals surface area contributed by atoms with Crippen LogP contribution in [0.2, 0.25) is 0 Å². The summed E-state index contributed by atoms with van der Waals surface area (Å²) in [6, 6.07) is 7.12. The van der Waals surface area contributed by atoms with E-state index in [1.165, 1.54) is 46.2 Å². The molecule has 2 unspecified atom stereocenters. The Labute approximate surface area is 178 Å². The number of aromatic nitrogens is 5. The van der Waals surface area contributed by atoms with Gasteiger partial charge in [-0.25, -0.2) is 18.9 Å². The first-order valence-electron chi connectivity index (χ1n) is 9.64. The van der Waals surface area contributed by atoms with Crippen molar-refractivity contribution in [1.82, 2.24) is 25.0 Å². The van der Waals surface area contributed by atoms with Gasteiger partial charge in [0.15, 0.2) is 0 Å². The van der Waals surface area contributed by atoms with Crippen molar-refractivity contribution >= 4 is 22.4 Å². The third-order valence-corrected chi connectivity index (χ3v) is 5.66. The van der Waals surface area contributed by atoms with E-state index in [0.717, 1.165) is 6.07 Å². The molecule has 0 saturated carbocycles. The molecule has 0 amide bonds. The number of nitrogens with one attached hydrogen (secondary N) is 1. The predicted molar refractivity (Wildman–Crippen MR) is 109 cm³/mol. The Morgan fingerprint density at radius 3 is 2.59 bits per heavy atom. The van der Waals surface area contributed by atoms with E-state index in [1.807, 2.05) is 0 Å². The van der Waals surface area contributed by atoms with Crippen molar-refractivity contribution in [3.05, 3.63) is 81.8 Å². The summed E-state index contributed by atoms with van der Waals surface area (Å²) in [6.07, 6.45) is 1.35. The van der Waals surface area contributed by atoms with Crippen LogP contribution in [-0.2, 0) is 11.8 Å². The van der Waals surface area contributed by atoms with E-state index in [4.69, 9.17) is 0 Å². The number of rotatable bonds is 4. The van der Waals surface area contributed by atoms with E-state index in [-0.39, 0.29) is 11.1 Å². The van der Waals surface area contributed by atoms with Crippen molar-refractivity contribution in [1.29, 1.82) is 0 Å². The highest BCUT2D eigenvalue weighted by Crippen LogP contribution is 2.49. The summed E-state index contributed by atoms with van der Waals surface area (Å²) in [5.74, 6) is -2.55. The first-order chi connectivity index (χ1) is 15.3. The molecule has 2 atom stereocenters. The number of H-pyrrole nitrogens is 1. The average molecular weight is 438 g/mol. The normalized spacial score (nSPS) is 17.7. The Kier molecular flexibility index (Phi) is 4.47. The molecule has 2 aromatic heterocycles. The lowest BCUT2D eigenvalue weighted by atomic mass is 9.82. The number of aryl methyl sites for hydroxylation is 1. The summed E-state index contributed by atoms with van der Waals surface area (Å²) < 4.78 is 29.7. The number of anilines is 1. The SMILES string of the molecule is Cn1ncnc1C1c2n[nH]c(=O)c3cc(F)cc(c23)N(CC(=O)O)C1c1ccc(F)cc1. The number of aliphatic carboxylic acids is 1. The predicted octanol–water partition coefficient (Wildman–Crippen LogP) is 2.11. The van der Waals surface area contributed by atoms with Crippen LogP contribution in [-0.4, -0.2) is 42.6 Å². The number of halogens is 2. The zero-order valence-corrected chi connectivity index (χ0v) is 16.7. The van der Waals surface area contributed by atoms with Gasteiger partial charge in [-0.3, -0.25) is 14.3 Å². The van der Waals surface area contributed by atoms with Gasteiger partial charge in [-0.1, -0.05) is 12.1 Å². The first kappa shape index (κ1) is 19.8. The minimum absolute atomic E-state index is 0.0464. The molecule has 0 fully saturated rings. The molecule has 4 aromatic rings. The molecule has 0 spiro atoms. The van der Waals surface area contributed by atoms with Gasteiger partial charge in [0, 0.05) is 12.4 Å². The monoisotopic (exact) mass is 438 g/mol. The summed E-state index contributed by atoms with van der Waals surface area (Å²) in [6.45, 7) is -0.499. The maximum atomic E-state index is 14.5. The maximum Gasteiger partial charge on any atom is 0.323 e. The molecule has 2 aromatic carbocycles. The minimum Gasteiger partial charge on any atom is -0.480 e. The van der Waals surface area contributed by atoms with Gasteiger partial charge in [-0.05, 0) is 29.8 Å². The van der Waals surface area contributed by atoms with Gasteiger partial charge in [-0.2, -0.15) is 10.2 Å². The van der Waals surface area contributed by atoms with Crippen LogP contribution in [0.25, 0.3) is 10.8 Å². The Bertz CT molecular complexity index is 1420. The molecule has 32 heavy (non-hydrogen) atoms. The largest absolute Gasteiger partial charge is 0.480 e. The van der Waals surface area contributed by atoms with E-state index in [9.17, 15) is 23.5 Å². The number of aromatic amines is 1. The molecular weight excluding hydrogens is 422 g/mol. The lowest BCUT2D eigenvalue weighted by molar-refractivity contribution is -0.135. The highest BCUT2D eigenvalue weighted by atomic mass is 19.1. The van der Waals surface area contributed by atoms with Gasteiger partial charge in [0.1, 0.15) is 30.3 Å². The molecule has 0 saturated heterocycles. The molecule has 3 heterocycles. The van der Waals surface area contributed by atoms with E-state index in [0.29, 0.717) is 22.5 Å². The molecule has 0 aliphatic carbocycles. The molecular formula is C21H16F2N6O3.